The molecule has 88 valence electrons. The third-order valence-corrected chi connectivity index (χ3v) is 3.76. The largest absolute Gasteiger partial charge is 0.395 e. The highest BCUT2D eigenvalue weighted by Crippen LogP contribution is 2.16. The molecule has 0 spiro atoms. The maximum absolute atomic E-state index is 11.4. The van der Waals surface area contributed by atoms with E-state index >= 15 is 0 Å². The van der Waals surface area contributed by atoms with Crippen LogP contribution in [-0.4, -0.2) is 16.3 Å². The molecule has 3 nitrogen and oxygen atoms in total. The zero-order valence-electron chi connectivity index (χ0n) is 9.05. The van der Waals surface area contributed by atoms with Crippen molar-refractivity contribution in [3.8, 4) is 11.8 Å². The molecule has 2 rings (SSSR count). The Hall–Kier alpha value is -1.35. The van der Waals surface area contributed by atoms with Gasteiger partial charge >= 0.3 is 4.87 Å². The van der Waals surface area contributed by atoms with Crippen LogP contribution in [0.25, 0.3) is 0 Å². The van der Waals surface area contributed by atoms with Crippen molar-refractivity contribution in [2.75, 3.05) is 6.61 Å². The first-order valence-electron chi connectivity index (χ1n) is 5.11. The van der Waals surface area contributed by atoms with E-state index in [-0.39, 0.29) is 11.5 Å². The highest BCUT2D eigenvalue weighted by atomic mass is 32.1. The van der Waals surface area contributed by atoms with E-state index in [2.05, 4.69) is 11.8 Å². The molecule has 2 aromatic heterocycles. The number of thiophene rings is 1. The van der Waals surface area contributed by atoms with Gasteiger partial charge in [-0.2, -0.15) is 0 Å². The van der Waals surface area contributed by atoms with Crippen molar-refractivity contribution in [2.24, 2.45) is 0 Å². The average Bonchev–Trinajstić information content (AvgIpc) is 2.91. The molecule has 0 radical (unpaired) electrons. The fraction of sp³-hybridized carbons (Fsp3) is 0.250. The second-order valence-electron chi connectivity index (χ2n) is 3.33. The number of aliphatic hydroxyl groups excluding tert-OH is 1. The summed E-state index contributed by atoms with van der Waals surface area (Å²) in [6.07, 6.45) is 2.27. The normalized spacial score (nSPS) is 9.94. The summed E-state index contributed by atoms with van der Waals surface area (Å²) in [6.45, 7) is 0.652. The summed E-state index contributed by atoms with van der Waals surface area (Å²) in [6, 6.07) is 1.95. The number of hydrogen-bond acceptors (Lipinski definition) is 4. The highest BCUT2D eigenvalue weighted by molar-refractivity contribution is 7.10. The highest BCUT2D eigenvalue weighted by Gasteiger charge is 2.04. The van der Waals surface area contributed by atoms with E-state index in [1.54, 1.807) is 27.5 Å². The van der Waals surface area contributed by atoms with Crippen LogP contribution in [0.15, 0.2) is 27.8 Å². The fourth-order valence-corrected chi connectivity index (χ4v) is 2.76. The van der Waals surface area contributed by atoms with E-state index in [9.17, 15) is 4.79 Å². The quantitative estimate of drug-likeness (QED) is 0.859. The van der Waals surface area contributed by atoms with Crippen LogP contribution in [0.2, 0.25) is 0 Å². The van der Waals surface area contributed by atoms with Gasteiger partial charge in [0.05, 0.1) is 13.2 Å². The summed E-state index contributed by atoms with van der Waals surface area (Å²) < 4.78 is 1.67. The zero-order chi connectivity index (χ0) is 12.1. The molecule has 1 N–H and O–H groups in total. The van der Waals surface area contributed by atoms with Crippen LogP contribution in [0.5, 0.6) is 0 Å². The fourth-order valence-electron chi connectivity index (χ4n) is 1.35. The van der Waals surface area contributed by atoms with Crippen molar-refractivity contribution in [2.45, 2.75) is 13.0 Å². The van der Waals surface area contributed by atoms with Gasteiger partial charge < -0.3 is 9.67 Å². The molecule has 0 saturated carbocycles. The number of thiazole rings is 1. The molecule has 0 bridgehead atoms. The van der Waals surface area contributed by atoms with Gasteiger partial charge in [0.1, 0.15) is 0 Å². The molecule has 0 unspecified atom stereocenters. The number of aromatic nitrogens is 1. The molecule has 0 saturated heterocycles. The first-order valence-corrected chi connectivity index (χ1v) is 6.87. The van der Waals surface area contributed by atoms with Crippen LogP contribution in [0.3, 0.4) is 0 Å². The summed E-state index contributed by atoms with van der Waals surface area (Å²) >= 11 is 2.79. The maximum atomic E-state index is 11.4. The van der Waals surface area contributed by atoms with E-state index in [4.69, 9.17) is 5.11 Å². The van der Waals surface area contributed by atoms with Crippen LogP contribution in [0, 0.1) is 11.8 Å². The van der Waals surface area contributed by atoms with Gasteiger partial charge in [0, 0.05) is 28.4 Å². The number of nitrogens with zero attached hydrogens (tertiary/aromatic N) is 1. The van der Waals surface area contributed by atoms with Gasteiger partial charge in [0.25, 0.3) is 0 Å². The molecule has 0 fully saturated rings. The minimum absolute atomic E-state index is 0.0488. The smallest absolute Gasteiger partial charge is 0.307 e. The summed E-state index contributed by atoms with van der Waals surface area (Å²) in [5, 5.41) is 12.4. The Balaban J connectivity index is 2.18. The molecule has 0 amide bonds. The molecule has 2 aromatic rings. The molecule has 0 aromatic carbocycles. The van der Waals surface area contributed by atoms with E-state index in [0.29, 0.717) is 13.0 Å². The Labute approximate surface area is 107 Å². The van der Waals surface area contributed by atoms with Crippen molar-refractivity contribution >= 4 is 22.7 Å². The second-order valence-corrected chi connectivity index (χ2v) is 5.19. The average molecular weight is 265 g/mol. The minimum Gasteiger partial charge on any atom is -0.395 e. The van der Waals surface area contributed by atoms with Gasteiger partial charge in [-0.05, 0) is 11.4 Å². The van der Waals surface area contributed by atoms with Crippen molar-refractivity contribution in [1.29, 1.82) is 0 Å². The SMILES string of the molecule is O=c1sccn1Cc1sccc1C#CCCO. The van der Waals surface area contributed by atoms with Gasteiger partial charge in [-0.25, -0.2) is 0 Å². The van der Waals surface area contributed by atoms with Crippen molar-refractivity contribution < 1.29 is 5.11 Å². The Morgan fingerprint density at radius 2 is 2.24 bits per heavy atom. The van der Waals surface area contributed by atoms with Gasteiger partial charge in [-0.15, -0.1) is 11.3 Å². The summed E-state index contributed by atoms with van der Waals surface area (Å²) in [5.74, 6) is 5.91. The van der Waals surface area contributed by atoms with Gasteiger partial charge in [0.2, 0.25) is 0 Å². The zero-order valence-corrected chi connectivity index (χ0v) is 10.7. The molecular weight excluding hydrogens is 254 g/mol. The van der Waals surface area contributed by atoms with Crippen molar-refractivity contribution in [1.82, 2.24) is 4.57 Å². The molecule has 0 aliphatic heterocycles. The topological polar surface area (TPSA) is 42.2 Å². The standard InChI is InChI=1S/C12H11NO2S2/c14-6-2-1-3-10-4-7-16-11(10)9-13-5-8-17-12(13)15/h4-5,7-8,14H,2,6,9H2. The van der Waals surface area contributed by atoms with E-state index < -0.39 is 0 Å². The van der Waals surface area contributed by atoms with Gasteiger partial charge in [-0.1, -0.05) is 23.2 Å². The molecule has 0 atom stereocenters. The van der Waals surface area contributed by atoms with Crippen LogP contribution < -0.4 is 4.87 Å². The molecule has 5 heteroatoms. The summed E-state index contributed by atoms with van der Waals surface area (Å²) in [5.41, 5.74) is 0.946. The van der Waals surface area contributed by atoms with Gasteiger partial charge in [-0.3, -0.25) is 4.79 Å². The lowest BCUT2D eigenvalue weighted by atomic mass is 10.2. The lowest BCUT2D eigenvalue weighted by molar-refractivity contribution is 0.305. The number of rotatable bonds is 3. The summed E-state index contributed by atoms with van der Waals surface area (Å²) in [7, 11) is 0. The Morgan fingerprint density at radius 1 is 1.35 bits per heavy atom. The molecule has 0 aliphatic rings. The molecule has 0 aliphatic carbocycles. The van der Waals surface area contributed by atoms with E-state index in [1.165, 1.54) is 11.3 Å². The van der Waals surface area contributed by atoms with E-state index in [0.717, 1.165) is 10.4 Å². The maximum Gasteiger partial charge on any atom is 0.307 e. The van der Waals surface area contributed by atoms with Crippen LogP contribution >= 0.6 is 22.7 Å². The molecule has 2 heterocycles. The number of aliphatic hydroxyl groups is 1. The molecule has 17 heavy (non-hydrogen) atoms. The second kappa shape index (κ2) is 5.82. The van der Waals surface area contributed by atoms with Crippen LogP contribution in [-0.2, 0) is 6.54 Å². The Kier molecular flexibility index (Phi) is 4.15. The third kappa shape index (κ3) is 3.07. The summed E-state index contributed by atoms with van der Waals surface area (Å²) in [4.78, 5) is 12.6. The predicted octanol–water partition coefficient (Wildman–Crippen LogP) is 1.75. The first-order chi connectivity index (χ1) is 8.31. The minimum atomic E-state index is 0.0488. The first kappa shape index (κ1) is 12.1. The lowest BCUT2D eigenvalue weighted by Gasteiger charge is -1.98. The third-order valence-electron chi connectivity index (χ3n) is 2.16. The van der Waals surface area contributed by atoms with Crippen LogP contribution in [0.1, 0.15) is 16.9 Å². The Morgan fingerprint density at radius 3 is 2.94 bits per heavy atom. The Bertz CT molecular complexity index is 598. The predicted molar refractivity (Wildman–Crippen MR) is 70.6 cm³/mol. The van der Waals surface area contributed by atoms with Crippen molar-refractivity contribution in [3.63, 3.8) is 0 Å². The number of hydrogen-bond donors (Lipinski definition) is 1. The van der Waals surface area contributed by atoms with E-state index in [1.807, 2.05) is 11.4 Å². The lowest BCUT2D eigenvalue weighted by Crippen LogP contribution is -2.12. The van der Waals surface area contributed by atoms with Crippen molar-refractivity contribution in [3.05, 3.63) is 43.1 Å². The monoisotopic (exact) mass is 265 g/mol. The van der Waals surface area contributed by atoms with Crippen LogP contribution in [0.4, 0.5) is 0 Å². The van der Waals surface area contributed by atoms with Gasteiger partial charge in [0.15, 0.2) is 0 Å². The molecular formula is C12H11NO2S2.